The van der Waals surface area contributed by atoms with Crippen LogP contribution in [0.5, 0.6) is 0 Å². The number of nitrogens with zero attached hydrogens (tertiary/aromatic N) is 4. The molecular weight excluding hydrogens is 718 g/mol. The Balaban J connectivity index is 1.01. The van der Waals surface area contributed by atoms with Gasteiger partial charge >= 0.3 is 14.2 Å². The SMILES string of the molecule is OB(O)c1ccccc1CN(CCCCCCN(Cc1ccccc1B(O)O)Cc1c2ccccc2nc2ccccc12)Cc1c2ccccc2nc2ccccc12. The van der Waals surface area contributed by atoms with Crippen LogP contribution in [0.3, 0.4) is 0 Å². The smallest absolute Gasteiger partial charge is 0.423 e. The maximum atomic E-state index is 10.2. The topological polar surface area (TPSA) is 113 Å². The molecule has 2 heterocycles. The molecule has 0 saturated carbocycles. The largest absolute Gasteiger partial charge is 0.488 e. The highest BCUT2D eigenvalue weighted by molar-refractivity contribution is 6.59. The monoisotopic (exact) mass is 766 g/mol. The molecule has 0 aliphatic carbocycles. The number of hydrogen-bond donors (Lipinski definition) is 4. The van der Waals surface area contributed by atoms with Crippen LogP contribution >= 0.6 is 0 Å². The molecule has 8 aromatic rings. The second-order valence-corrected chi connectivity index (χ2v) is 15.2. The lowest BCUT2D eigenvalue weighted by atomic mass is 9.77. The Bertz CT molecular complexity index is 2370. The average Bonchev–Trinajstić information content (AvgIpc) is 3.24. The molecule has 0 amide bonds. The summed E-state index contributed by atoms with van der Waals surface area (Å²) in [4.78, 5) is 14.8. The predicted molar refractivity (Wildman–Crippen MR) is 238 cm³/mol. The van der Waals surface area contributed by atoms with E-state index in [0.29, 0.717) is 37.1 Å². The third-order valence-electron chi connectivity index (χ3n) is 11.3. The standard InChI is InChI=1S/C48H48B2N4O4/c55-49(56)43-23-9-3-17-35(43)31-53(33-41-37-19-5-11-25-45(37)51-46-26-12-6-20-38(41)46)29-15-1-2-16-30-54(32-36-18-4-10-24-44(36)50(57)58)34-42-39-21-7-13-27-47(39)52-48-28-14-8-22-40(42)48/h3-14,17-28,55-58H,1-2,15-16,29-34H2. The number of aromatic nitrogens is 2. The Hall–Kier alpha value is -5.45. The van der Waals surface area contributed by atoms with Crippen LogP contribution in [0.25, 0.3) is 43.6 Å². The molecule has 2 aromatic heterocycles. The third-order valence-corrected chi connectivity index (χ3v) is 11.3. The molecule has 0 aliphatic heterocycles. The van der Waals surface area contributed by atoms with Crippen molar-refractivity contribution < 1.29 is 20.1 Å². The third kappa shape index (κ3) is 8.98. The van der Waals surface area contributed by atoms with E-state index in [0.717, 1.165) is 93.5 Å². The average molecular weight is 767 g/mol. The molecule has 58 heavy (non-hydrogen) atoms. The van der Waals surface area contributed by atoms with Gasteiger partial charge in [-0.05, 0) is 83.4 Å². The summed E-state index contributed by atoms with van der Waals surface area (Å²) in [5.41, 5.74) is 9.19. The van der Waals surface area contributed by atoms with Crippen LogP contribution in [0.2, 0.25) is 0 Å². The maximum Gasteiger partial charge on any atom is 0.488 e. The summed E-state index contributed by atoms with van der Waals surface area (Å²) in [7, 11) is -3.08. The van der Waals surface area contributed by atoms with Gasteiger partial charge in [-0.1, -0.05) is 134 Å². The van der Waals surface area contributed by atoms with E-state index in [1.165, 1.54) is 11.1 Å². The first-order valence-electron chi connectivity index (χ1n) is 20.3. The summed E-state index contributed by atoms with van der Waals surface area (Å²) in [6, 6.07) is 48.4. The molecule has 6 aromatic carbocycles. The van der Waals surface area contributed by atoms with Crippen LogP contribution in [0, 0.1) is 0 Å². The zero-order valence-corrected chi connectivity index (χ0v) is 32.7. The van der Waals surface area contributed by atoms with Crippen molar-refractivity contribution in [1.82, 2.24) is 19.8 Å². The van der Waals surface area contributed by atoms with Gasteiger partial charge in [0.1, 0.15) is 0 Å². The van der Waals surface area contributed by atoms with Crippen molar-refractivity contribution in [1.29, 1.82) is 0 Å². The summed E-state index contributed by atoms with van der Waals surface area (Å²) >= 11 is 0. The van der Waals surface area contributed by atoms with Crippen molar-refractivity contribution >= 4 is 68.8 Å². The van der Waals surface area contributed by atoms with E-state index in [4.69, 9.17) is 9.97 Å². The highest BCUT2D eigenvalue weighted by Crippen LogP contribution is 2.30. The molecule has 0 bridgehead atoms. The van der Waals surface area contributed by atoms with Gasteiger partial charge in [0.05, 0.1) is 22.1 Å². The van der Waals surface area contributed by atoms with Crippen LogP contribution < -0.4 is 10.9 Å². The minimum atomic E-state index is -1.54. The minimum Gasteiger partial charge on any atom is -0.423 e. The van der Waals surface area contributed by atoms with E-state index >= 15 is 0 Å². The van der Waals surface area contributed by atoms with E-state index < -0.39 is 14.2 Å². The molecule has 0 radical (unpaired) electrons. The second-order valence-electron chi connectivity index (χ2n) is 15.2. The van der Waals surface area contributed by atoms with Gasteiger partial charge in [-0.15, -0.1) is 0 Å². The molecular formula is C48H48B2N4O4. The van der Waals surface area contributed by atoms with Gasteiger partial charge < -0.3 is 20.1 Å². The van der Waals surface area contributed by atoms with Gasteiger partial charge in [0, 0.05) is 47.7 Å². The lowest BCUT2D eigenvalue weighted by molar-refractivity contribution is 0.241. The van der Waals surface area contributed by atoms with E-state index in [1.54, 1.807) is 12.1 Å². The Morgan fingerprint density at radius 2 is 0.672 bits per heavy atom. The summed E-state index contributed by atoms with van der Waals surface area (Å²) < 4.78 is 0. The second kappa shape index (κ2) is 18.4. The van der Waals surface area contributed by atoms with Gasteiger partial charge in [-0.25, -0.2) is 9.97 Å². The molecule has 0 fully saturated rings. The molecule has 0 atom stereocenters. The van der Waals surface area contributed by atoms with Gasteiger partial charge in [-0.2, -0.15) is 0 Å². The fourth-order valence-electron chi connectivity index (χ4n) is 8.44. The van der Waals surface area contributed by atoms with Gasteiger partial charge in [0.2, 0.25) is 0 Å². The molecule has 10 heteroatoms. The lowest BCUT2D eigenvalue weighted by Gasteiger charge is -2.26. The van der Waals surface area contributed by atoms with Crippen LogP contribution in [0.15, 0.2) is 146 Å². The molecule has 4 N–H and O–H groups in total. The van der Waals surface area contributed by atoms with Crippen LogP contribution in [0.4, 0.5) is 0 Å². The number of fused-ring (bicyclic) bond motifs is 4. The highest BCUT2D eigenvalue weighted by Gasteiger charge is 2.21. The first-order chi connectivity index (χ1) is 28.4. The van der Waals surface area contributed by atoms with Crippen LogP contribution in [-0.4, -0.2) is 67.2 Å². The molecule has 0 saturated heterocycles. The number of rotatable bonds is 17. The summed E-state index contributed by atoms with van der Waals surface area (Å²) in [6.07, 6.45) is 4.01. The Kier molecular flexibility index (Phi) is 12.5. The van der Waals surface area contributed by atoms with Crippen molar-refractivity contribution in [2.75, 3.05) is 13.1 Å². The number of unbranched alkanes of at least 4 members (excludes halogenated alkanes) is 3. The summed E-state index contributed by atoms with van der Waals surface area (Å²) in [5.74, 6) is 0. The van der Waals surface area contributed by atoms with Crippen molar-refractivity contribution in [3.05, 3.63) is 168 Å². The van der Waals surface area contributed by atoms with E-state index in [2.05, 4.69) is 82.6 Å². The van der Waals surface area contributed by atoms with Crippen molar-refractivity contribution in [3.63, 3.8) is 0 Å². The number of benzene rings is 6. The fourth-order valence-corrected chi connectivity index (χ4v) is 8.44. The fraction of sp³-hybridized carbons (Fsp3) is 0.208. The van der Waals surface area contributed by atoms with Gasteiger partial charge in [-0.3, -0.25) is 9.80 Å². The molecule has 290 valence electrons. The minimum absolute atomic E-state index is 0.530. The van der Waals surface area contributed by atoms with Gasteiger partial charge in [0.25, 0.3) is 0 Å². The summed E-state index contributed by atoms with van der Waals surface area (Å²) in [5, 5.41) is 45.5. The summed E-state index contributed by atoms with van der Waals surface area (Å²) in [6.45, 7) is 4.21. The van der Waals surface area contributed by atoms with E-state index in [-0.39, 0.29) is 0 Å². The molecule has 0 aliphatic rings. The first kappa shape index (κ1) is 39.4. The maximum absolute atomic E-state index is 10.2. The highest BCUT2D eigenvalue weighted by atomic mass is 16.4. The van der Waals surface area contributed by atoms with Crippen LogP contribution in [-0.2, 0) is 26.2 Å². The Morgan fingerprint density at radius 1 is 0.362 bits per heavy atom. The predicted octanol–water partition coefficient (Wildman–Crippen LogP) is 6.71. The van der Waals surface area contributed by atoms with E-state index in [9.17, 15) is 20.1 Å². The van der Waals surface area contributed by atoms with Crippen LogP contribution in [0.1, 0.15) is 47.9 Å². The molecule has 0 spiro atoms. The molecule has 8 rings (SSSR count). The first-order valence-corrected chi connectivity index (χ1v) is 20.3. The normalized spacial score (nSPS) is 11.8. The Morgan fingerprint density at radius 3 is 1.02 bits per heavy atom. The van der Waals surface area contributed by atoms with E-state index in [1.807, 2.05) is 60.7 Å². The zero-order chi connectivity index (χ0) is 39.8. The van der Waals surface area contributed by atoms with Gasteiger partial charge in [0.15, 0.2) is 0 Å². The number of hydrogen-bond acceptors (Lipinski definition) is 8. The number of pyridine rings is 2. The quantitative estimate of drug-likeness (QED) is 0.0460. The Labute approximate surface area is 340 Å². The number of para-hydroxylation sites is 4. The molecule has 8 nitrogen and oxygen atoms in total. The van der Waals surface area contributed by atoms with Crippen molar-refractivity contribution in [3.8, 4) is 0 Å². The van der Waals surface area contributed by atoms with Crippen molar-refractivity contribution in [2.24, 2.45) is 0 Å². The lowest BCUT2D eigenvalue weighted by Crippen LogP contribution is -2.36. The zero-order valence-electron chi connectivity index (χ0n) is 32.7. The molecule has 0 unspecified atom stereocenters. The van der Waals surface area contributed by atoms with Crippen molar-refractivity contribution in [2.45, 2.75) is 51.9 Å².